The van der Waals surface area contributed by atoms with Gasteiger partial charge in [0.1, 0.15) is 5.72 Å². The van der Waals surface area contributed by atoms with E-state index in [4.69, 9.17) is 10.8 Å². The lowest BCUT2D eigenvalue weighted by Gasteiger charge is -2.15. The molecule has 0 spiro atoms. The molecule has 0 amide bonds. The van der Waals surface area contributed by atoms with E-state index in [9.17, 15) is 0 Å². The fourth-order valence-electron chi connectivity index (χ4n) is 0.733. The summed E-state index contributed by atoms with van der Waals surface area (Å²) in [5, 5.41) is 9.02. The predicted octanol–water partition coefficient (Wildman–Crippen LogP) is 1.23. The number of aliphatic hydroxyl groups is 1. The second kappa shape index (κ2) is 3.85. The van der Waals surface area contributed by atoms with Gasteiger partial charge in [0, 0.05) is 0 Å². The van der Waals surface area contributed by atoms with Gasteiger partial charge in [0.25, 0.3) is 0 Å². The zero-order valence-corrected chi connectivity index (χ0v) is 6.35. The minimum atomic E-state index is -0.949. The van der Waals surface area contributed by atoms with Gasteiger partial charge in [-0.25, -0.2) is 0 Å². The van der Waals surface area contributed by atoms with Crippen molar-refractivity contribution in [1.29, 1.82) is 0 Å². The highest BCUT2D eigenvalue weighted by Gasteiger charge is 2.10. The van der Waals surface area contributed by atoms with E-state index in [-0.39, 0.29) is 0 Å². The van der Waals surface area contributed by atoms with Crippen LogP contribution in [0.4, 0.5) is 0 Å². The van der Waals surface area contributed by atoms with Gasteiger partial charge in [-0.1, -0.05) is 19.8 Å². The Labute approximate surface area is 57.1 Å². The van der Waals surface area contributed by atoms with E-state index in [1.165, 1.54) is 6.42 Å². The summed E-state index contributed by atoms with van der Waals surface area (Å²) in [6, 6.07) is 0. The average molecular weight is 131 g/mol. The molecule has 2 heteroatoms. The second-order valence-corrected chi connectivity index (χ2v) is 2.81. The van der Waals surface area contributed by atoms with Gasteiger partial charge in [-0.3, -0.25) is 0 Å². The Morgan fingerprint density at radius 2 is 2.00 bits per heavy atom. The molecular formula is C7H17NO. The molecule has 9 heavy (non-hydrogen) atoms. The average Bonchev–Trinajstić information content (AvgIpc) is 1.63. The van der Waals surface area contributed by atoms with Gasteiger partial charge in [-0.2, -0.15) is 0 Å². The van der Waals surface area contributed by atoms with Gasteiger partial charge in [-0.05, 0) is 19.8 Å². The summed E-state index contributed by atoms with van der Waals surface area (Å²) in [7, 11) is 0. The Morgan fingerprint density at radius 3 is 2.33 bits per heavy atom. The summed E-state index contributed by atoms with van der Waals surface area (Å²) in [6.07, 6.45) is 4.07. The van der Waals surface area contributed by atoms with E-state index < -0.39 is 5.72 Å². The third-order valence-corrected chi connectivity index (χ3v) is 1.29. The molecule has 56 valence electrons. The second-order valence-electron chi connectivity index (χ2n) is 2.81. The van der Waals surface area contributed by atoms with Crippen LogP contribution in [0.2, 0.25) is 0 Å². The molecule has 0 aliphatic carbocycles. The van der Waals surface area contributed by atoms with Gasteiger partial charge in [-0.15, -0.1) is 0 Å². The number of unbranched alkanes of at least 4 members (excludes halogenated alkanes) is 2. The Bertz CT molecular complexity index is 65.8. The van der Waals surface area contributed by atoms with Crippen LogP contribution in [-0.4, -0.2) is 10.8 Å². The molecule has 0 aromatic heterocycles. The number of hydrogen-bond acceptors (Lipinski definition) is 2. The van der Waals surface area contributed by atoms with Crippen molar-refractivity contribution in [2.24, 2.45) is 5.73 Å². The van der Waals surface area contributed by atoms with Crippen LogP contribution in [-0.2, 0) is 0 Å². The third kappa shape index (κ3) is 7.92. The lowest BCUT2D eigenvalue weighted by atomic mass is 10.1. The first-order chi connectivity index (χ1) is 4.06. The Kier molecular flexibility index (Phi) is 3.82. The van der Waals surface area contributed by atoms with Crippen molar-refractivity contribution in [3.8, 4) is 0 Å². The van der Waals surface area contributed by atoms with Gasteiger partial charge in [0.2, 0.25) is 0 Å². The molecule has 0 aliphatic rings. The summed E-state index contributed by atoms with van der Waals surface area (Å²) in [5.41, 5.74) is 4.38. The molecule has 0 heterocycles. The molecule has 2 nitrogen and oxygen atoms in total. The molecule has 0 saturated carbocycles. The molecule has 0 aliphatic heterocycles. The highest BCUT2D eigenvalue weighted by Crippen LogP contribution is 2.07. The summed E-state index contributed by atoms with van der Waals surface area (Å²) in [6.45, 7) is 3.77. The first kappa shape index (κ1) is 8.92. The van der Waals surface area contributed by atoms with E-state index >= 15 is 0 Å². The Balaban J connectivity index is 3.07. The Morgan fingerprint density at radius 1 is 1.44 bits per heavy atom. The lowest BCUT2D eigenvalue weighted by Crippen LogP contribution is -2.35. The maximum atomic E-state index is 9.02. The number of rotatable bonds is 4. The largest absolute Gasteiger partial charge is 0.376 e. The monoisotopic (exact) mass is 131 g/mol. The highest BCUT2D eigenvalue weighted by atomic mass is 16.3. The van der Waals surface area contributed by atoms with Gasteiger partial charge in [0.15, 0.2) is 0 Å². The van der Waals surface area contributed by atoms with E-state index in [0.29, 0.717) is 6.42 Å². The maximum Gasteiger partial charge on any atom is 0.110 e. The summed E-state index contributed by atoms with van der Waals surface area (Å²) < 4.78 is 0. The number of nitrogens with two attached hydrogens (primary N) is 1. The molecule has 0 aromatic rings. The molecule has 0 aromatic carbocycles. The molecule has 0 bridgehead atoms. The van der Waals surface area contributed by atoms with Crippen molar-refractivity contribution in [2.45, 2.75) is 45.3 Å². The normalized spacial score (nSPS) is 17.3. The van der Waals surface area contributed by atoms with E-state index in [0.717, 1.165) is 12.8 Å². The zero-order chi connectivity index (χ0) is 7.33. The lowest BCUT2D eigenvalue weighted by molar-refractivity contribution is 0.0552. The van der Waals surface area contributed by atoms with Gasteiger partial charge in [0.05, 0.1) is 0 Å². The van der Waals surface area contributed by atoms with Gasteiger partial charge >= 0.3 is 0 Å². The predicted molar refractivity (Wildman–Crippen MR) is 39.0 cm³/mol. The summed E-state index contributed by atoms with van der Waals surface area (Å²) in [5.74, 6) is 0. The minimum Gasteiger partial charge on any atom is -0.376 e. The fraction of sp³-hybridized carbons (Fsp3) is 1.00. The molecule has 1 unspecified atom stereocenters. The van der Waals surface area contributed by atoms with Crippen LogP contribution in [0.1, 0.15) is 39.5 Å². The van der Waals surface area contributed by atoms with Crippen LogP contribution in [0.15, 0.2) is 0 Å². The number of hydrogen-bond donors (Lipinski definition) is 2. The Hall–Kier alpha value is -0.0800. The third-order valence-electron chi connectivity index (χ3n) is 1.29. The van der Waals surface area contributed by atoms with E-state index in [1.807, 2.05) is 0 Å². The van der Waals surface area contributed by atoms with Crippen LogP contribution in [0.5, 0.6) is 0 Å². The smallest absolute Gasteiger partial charge is 0.110 e. The van der Waals surface area contributed by atoms with Crippen LogP contribution in [0, 0.1) is 0 Å². The van der Waals surface area contributed by atoms with Gasteiger partial charge < -0.3 is 10.8 Å². The van der Waals surface area contributed by atoms with Crippen molar-refractivity contribution in [1.82, 2.24) is 0 Å². The highest BCUT2D eigenvalue weighted by molar-refractivity contribution is 4.61. The zero-order valence-electron chi connectivity index (χ0n) is 6.35. The van der Waals surface area contributed by atoms with Crippen LogP contribution >= 0.6 is 0 Å². The minimum absolute atomic E-state index is 0.709. The van der Waals surface area contributed by atoms with E-state index in [2.05, 4.69) is 6.92 Å². The SMILES string of the molecule is CCCCCC(C)(N)O. The molecule has 0 rings (SSSR count). The molecule has 0 saturated heterocycles. The van der Waals surface area contributed by atoms with Crippen molar-refractivity contribution >= 4 is 0 Å². The van der Waals surface area contributed by atoms with Crippen molar-refractivity contribution in [2.75, 3.05) is 0 Å². The molecular weight excluding hydrogens is 114 g/mol. The first-order valence-corrected chi connectivity index (χ1v) is 3.57. The quantitative estimate of drug-likeness (QED) is 0.445. The van der Waals surface area contributed by atoms with Crippen LogP contribution in [0.25, 0.3) is 0 Å². The summed E-state index contributed by atoms with van der Waals surface area (Å²) >= 11 is 0. The fourth-order valence-corrected chi connectivity index (χ4v) is 0.733. The molecule has 0 fully saturated rings. The van der Waals surface area contributed by atoms with Crippen molar-refractivity contribution < 1.29 is 5.11 Å². The maximum absolute atomic E-state index is 9.02. The first-order valence-electron chi connectivity index (χ1n) is 3.57. The van der Waals surface area contributed by atoms with Crippen molar-refractivity contribution in [3.05, 3.63) is 0 Å². The topological polar surface area (TPSA) is 46.2 Å². The van der Waals surface area contributed by atoms with Crippen LogP contribution < -0.4 is 5.73 Å². The standard InChI is InChI=1S/C7H17NO/c1-3-4-5-6-7(2,8)9/h9H,3-6,8H2,1-2H3. The molecule has 3 N–H and O–H groups in total. The van der Waals surface area contributed by atoms with Crippen molar-refractivity contribution in [3.63, 3.8) is 0 Å². The molecule has 0 radical (unpaired) electrons. The summed E-state index contributed by atoms with van der Waals surface area (Å²) in [4.78, 5) is 0. The van der Waals surface area contributed by atoms with E-state index in [1.54, 1.807) is 6.92 Å². The van der Waals surface area contributed by atoms with Crippen LogP contribution in [0.3, 0.4) is 0 Å². The molecule has 1 atom stereocenters.